The number of carbonyl (C=O) groups excluding carboxylic acids is 2. The van der Waals surface area contributed by atoms with Crippen LogP contribution in [-0.2, 0) is 0 Å². The van der Waals surface area contributed by atoms with Crippen LogP contribution in [0.1, 0.15) is 40.6 Å². The lowest BCUT2D eigenvalue weighted by Gasteiger charge is -2.09. The number of hydrogen-bond donors (Lipinski definition) is 2. The standard InChI is InChI=1S/C17H17Cl2N3O2/c1-2-3-8-21-16(23)11-7-9-20-14(10-11)17(24)22-15-12(18)5-4-6-13(15)19/h4-7,9-10H,2-3,8H2,1H3,(H,21,23)(H,22,24). The minimum absolute atomic E-state index is 0.106. The van der Waals surface area contributed by atoms with E-state index >= 15 is 0 Å². The molecule has 1 heterocycles. The van der Waals surface area contributed by atoms with Crippen LogP contribution in [0.2, 0.25) is 10.0 Å². The number of amides is 2. The monoisotopic (exact) mass is 365 g/mol. The summed E-state index contributed by atoms with van der Waals surface area (Å²) in [7, 11) is 0. The van der Waals surface area contributed by atoms with Crippen LogP contribution in [0.4, 0.5) is 5.69 Å². The maximum atomic E-state index is 12.3. The van der Waals surface area contributed by atoms with Crippen LogP contribution in [0.15, 0.2) is 36.5 Å². The summed E-state index contributed by atoms with van der Waals surface area (Å²) in [5, 5.41) is 6.06. The smallest absolute Gasteiger partial charge is 0.274 e. The van der Waals surface area contributed by atoms with Gasteiger partial charge in [0.25, 0.3) is 11.8 Å². The third-order valence-corrected chi connectivity index (χ3v) is 3.90. The van der Waals surface area contributed by atoms with Crippen LogP contribution in [0, 0.1) is 0 Å². The van der Waals surface area contributed by atoms with Gasteiger partial charge in [0.05, 0.1) is 15.7 Å². The first-order valence-electron chi connectivity index (χ1n) is 7.52. The Bertz CT molecular complexity index is 730. The first kappa shape index (κ1) is 18.2. The third-order valence-electron chi connectivity index (χ3n) is 3.27. The average Bonchev–Trinajstić information content (AvgIpc) is 2.58. The summed E-state index contributed by atoms with van der Waals surface area (Å²) in [6.45, 7) is 2.63. The van der Waals surface area contributed by atoms with E-state index in [0.29, 0.717) is 27.8 Å². The molecule has 0 bridgehead atoms. The number of aromatic nitrogens is 1. The first-order valence-corrected chi connectivity index (χ1v) is 8.28. The summed E-state index contributed by atoms with van der Waals surface area (Å²) in [4.78, 5) is 28.4. The van der Waals surface area contributed by atoms with Gasteiger partial charge in [0.15, 0.2) is 0 Å². The van der Waals surface area contributed by atoms with E-state index in [2.05, 4.69) is 15.6 Å². The largest absolute Gasteiger partial charge is 0.352 e. The summed E-state index contributed by atoms with van der Waals surface area (Å²) in [6.07, 6.45) is 3.30. The fourth-order valence-electron chi connectivity index (χ4n) is 1.97. The summed E-state index contributed by atoms with van der Waals surface area (Å²) < 4.78 is 0. The first-order chi connectivity index (χ1) is 11.5. The molecule has 2 aromatic rings. The molecule has 0 unspecified atom stereocenters. The molecule has 0 aliphatic carbocycles. The fourth-order valence-corrected chi connectivity index (χ4v) is 2.46. The number of para-hydroxylation sites is 1. The molecule has 7 heteroatoms. The number of anilines is 1. The lowest BCUT2D eigenvalue weighted by molar-refractivity contribution is 0.0953. The van der Waals surface area contributed by atoms with E-state index in [0.717, 1.165) is 12.8 Å². The van der Waals surface area contributed by atoms with Crippen molar-refractivity contribution in [3.63, 3.8) is 0 Å². The van der Waals surface area contributed by atoms with Crippen molar-refractivity contribution < 1.29 is 9.59 Å². The Morgan fingerprint density at radius 2 is 1.83 bits per heavy atom. The van der Waals surface area contributed by atoms with E-state index in [9.17, 15) is 9.59 Å². The van der Waals surface area contributed by atoms with Crippen LogP contribution in [-0.4, -0.2) is 23.3 Å². The minimum atomic E-state index is -0.492. The second-order valence-corrected chi connectivity index (χ2v) is 5.90. The highest BCUT2D eigenvalue weighted by Gasteiger charge is 2.14. The lowest BCUT2D eigenvalue weighted by atomic mass is 10.2. The highest BCUT2D eigenvalue weighted by molar-refractivity contribution is 6.40. The van der Waals surface area contributed by atoms with Gasteiger partial charge in [0.2, 0.25) is 0 Å². The molecule has 2 rings (SSSR count). The van der Waals surface area contributed by atoms with Gasteiger partial charge in [-0.25, -0.2) is 0 Å². The molecule has 0 atom stereocenters. The van der Waals surface area contributed by atoms with Crippen molar-refractivity contribution in [2.24, 2.45) is 0 Å². The molecule has 0 aliphatic heterocycles. The number of nitrogens with one attached hydrogen (secondary N) is 2. The van der Waals surface area contributed by atoms with Crippen molar-refractivity contribution in [3.8, 4) is 0 Å². The van der Waals surface area contributed by atoms with Gasteiger partial charge in [-0.05, 0) is 30.7 Å². The molecule has 2 amide bonds. The Morgan fingerprint density at radius 1 is 1.12 bits per heavy atom. The molecule has 0 saturated heterocycles. The number of rotatable bonds is 6. The van der Waals surface area contributed by atoms with Crippen molar-refractivity contribution in [2.45, 2.75) is 19.8 Å². The molecule has 5 nitrogen and oxygen atoms in total. The number of halogens is 2. The summed E-state index contributed by atoms with van der Waals surface area (Å²) in [6, 6.07) is 7.91. The van der Waals surface area contributed by atoms with E-state index in [1.807, 2.05) is 6.92 Å². The van der Waals surface area contributed by atoms with E-state index in [4.69, 9.17) is 23.2 Å². The van der Waals surface area contributed by atoms with Crippen LogP contribution in [0.3, 0.4) is 0 Å². The van der Waals surface area contributed by atoms with Gasteiger partial charge in [-0.2, -0.15) is 0 Å². The fraction of sp³-hybridized carbons (Fsp3) is 0.235. The van der Waals surface area contributed by atoms with Crippen LogP contribution >= 0.6 is 23.2 Å². The molecule has 1 aromatic heterocycles. The van der Waals surface area contributed by atoms with Crippen LogP contribution in [0.25, 0.3) is 0 Å². The van der Waals surface area contributed by atoms with E-state index in [1.54, 1.807) is 24.3 Å². The molecule has 0 aliphatic rings. The van der Waals surface area contributed by atoms with Crippen molar-refractivity contribution in [1.82, 2.24) is 10.3 Å². The molecule has 2 N–H and O–H groups in total. The van der Waals surface area contributed by atoms with Gasteiger partial charge >= 0.3 is 0 Å². The number of carbonyl (C=O) groups is 2. The van der Waals surface area contributed by atoms with Crippen molar-refractivity contribution in [3.05, 3.63) is 57.8 Å². The average molecular weight is 366 g/mol. The van der Waals surface area contributed by atoms with Crippen molar-refractivity contribution >= 4 is 40.7 Å². The molecule has 0 spiro atoms. The van der Waals surface area contributed by atoms with Gasteiger partial charge in [0, 0.05) is 18.3 Å². The highest BCUT2D eigenvalue weighted by atomic mass is 35.5. The number of pyridine rings is 1. The number of nitrogens with zero attached hydrogens (tertiary/aromatic N) is 1. The molecule has 1 aromatic carbocycles. The SMILES string of the molecule is CCCCNC(=O)c1ccnc(C(=O)Nc2c(Cl)cccc2Cl)c1. The molecule has 126 valence electrons. The normalized spacial score (nSPS) is 10.3. The number of hydrogen-bond acceptors (Lipinski definition) is 3. The summed E-state index contributed by atoms with van der Waals surface area (Å²) in [5.41, 5.74) is 0.788. The zero-order valence-electron chi connectivity index (χ0n) is 13.1. The zero-order chi connectivity index (χ0) is 17.5. The topological polar surface area (TPSA) is 71.1 Å². The Labute approximate surface area is 150 Å². The molecule has 0 saturated carbocycles. The quantitative estimate of drug-likeness (QED) is 0.754. The second kappa shape index (κ2) is 8.66. The van der Waals surface area contributed by atoms with Gasteiger partial charge < -0.3 is 10.6 Å². The molecule has 24 heavy (non-hydrogen) atoms. The van der Waals surface area contributed by atoms with Gasteiger partial charge in [-0.3, -0.25) is 14.6 Å². The molecule has 0 fully saturated rings. The Morgan fingerprint density at radius 3 is 2.50 bits per heavy atom. The molecular weight excluding hydrogens is 349 g/mol. The third kappa shape index (κ3) is 4.69. The van der Waals surface area contributed by atoms with Gasteiger partial charge in [-0.1, -0.05) is 42.6 Å². The maximum Gasteiger partial charge on any atom is 0.274 e. The van der Waals surface area contributed by atoms with Gasteiger partial charge in [0.1, 0.15) is 5.69 Å². The molecular formula is C17H17Cl2N3O2. The zero-order valence-corrected chi connectivity index (χ0v) is 14.6. The summed E-state index contributed by atoms with van der Waals surface area (Å²) >= 11 is 12.1. The Balaban J connectivity index is 2.13. The maximum absolute atomic E-state index is 12.3. The predicted octanol–water partition coefficient (Wildman–Crippen LogP) is 4.17. The number of unbranched alkanes of at least 4 members (excludes halogenated alkanes) is 1. The lowest BCUT2D eigenvalue weighted by Crippen LogP contribution is -2.25. The van der Waals surface area contributed by atoms with E-state index in [1.165, 1.54) is 12.3 Å². The van der Waals surface area contributed by atoms with Crippen LogP contribution < -0.4 is 10.6 Å². The van der Waals surface area contributed by atoms with E-state index in [-0.39, 0.29) is 11.6 Å². The second-order valence-electron chi connectivity index (χ2n) is 5.09. The number of benzene rings is 1. The summed E-state index contributed by atoms with van der Waals surface area (Å²) in [5.74, 6) is -0.733. The van der Waals surface area contributed by atoms with Crippen LogP contribution in [0.5, 0.6) is 0 Å². The van der Waals surface area contributed by atoms with E-state index < -0.39 is 5.91 Å². The van der Waals surface area contributed by atoms with Gasteiger partial charge in [-0.15, -0.1) is 0 Å². The Kier molecular flexibility index (Phi) is 6.58. The highest BCUT2D eigenvalue weighted by Crippen LogP contribution is 2.30. The Hall–Kier alpha value is -2.11. The van der Waals surface area contributed by atoms with Crippen molar-refractivity contribution in [1.29, 1.82) is 0 Å². The minimum Gasteiger partial charge on any atom is -0.352 e. The van der Waals surface area contributed by atoms with Crippen molar-refractivity contribution in [2.75, 3.05) is 11.9 Å². The predicted molar refractivity (Wildman–Crippen MR) is 95.9 cm³/mol. The molecule has 0 radical (unpaired) electrons.